The van der Waals surface area contributed by atoms with Crippen LogP contribution in [0.4, 0.5) is 5.95 Å². The summed E-state index contributed by atoms with van der Waals surface area (Å²) in [5.74, 6) is 0.382. The Hall–Kier alpha value is -3.47. The maximum absolute atomic E-state index is 5.78. The lowest BCUT2D eigenvalue weighted by molar-refractivity contribution is 0.897. The largest absolute Gasteiger partial charge is 0.368 e. The number of nitrogens with zero attached hydrogens (tertiary/aromatic N) is 4. The second-order valence-corrected chi connectivity index (χ2v) is 5.87. The van der Waals surface area contributed by atoms with Crippen molar-refractivity contribution in [2.45, 2.75) is 6.92 Å². The molecule has 0 saturated carbocycles. The highest BCUT2D eigenvalue weighted by atomic mass is 15.4. The van der Waals surface area contributed by atoms with Gasteiger partial charge in [-0.1, -0.05) is 42.5 Å². The van der Waals surface area contributed by atoms with Gasteiger partial charge in [-0.2, -0.15) is 5.10 Å². The van der Waals surface area contributed by atoms with Crippen molar-refractivity contribution in [3.8, 4) is 11.1 Å². The Balaban J connectivity index is 1.59. The van der Waals surface area contributed by atoms with Crippen LogP contribution in [0.3, 0.4) is 0 Å². The van der Waals surface area contributed by atoms with Gasteiger partial charge < -0.3 is 5.73 Å². The molecule has 0 aliphatic rings. The van der Waals surface area contributed by atoms with E-state index in [2.05, 4.69) is 39.3 Å². The molecule has 0 spiro atoms. The minimum atomic E-state index is 0.382. The van der Waals surface area contributed by atoms with Crippen molar-refractivity contribution in [1.82, 2.24) is 14.6 Å². The number of hydrogen-bond acceptors (Lipinski definition) is 4. The third-order valence-corrected chi connectivity index (χ3v) is 4.00. The molecule has 25 heavy (non-hydrogen) atoms. The van der Waals surface area contributed by atoms with Crippen LogP contribution in [0.15, 0.2) is 72.1 Å². The Morgan fingerprint density at radius 2 is 1.84 bits per heavy atom. The first-order valence-electron chi connectivity index (χ1n) is 8.00. The minimum absolute atomic E-state index is 0.382. The van der Waals surface area contributed by atoms with E-state index in [1.54, 1.807) is 17.1 Å². The van der Waals surface area contributed by atoms with Crippen molar-refractivity contribution in [3.05, 3.63) is 78.2 Å². The molecule has 0 bridgehead atoms. The first-order chi connectivity index (χ1) is 12.2. The molecular formula is C20H17N5. The minimum Gasteiger partial charge on any atom is -0.368 e. The lowest BCUT2D eigenvalue weighted by Crippen LogP contribution is -1.96. The van der Waals surface area contributed by atoms with Crippen LogP contribution in [0.1, 0.15) is 11.3 Å². The fraction of sp³-hybridized carbons (Fsp3) is 0.0500. The van der Waals surface area contributed by atoms with Gasteiger partial charge in [-0.15, -0.1) is 0 Å². The standard InChI is InChI=1S/C20H17N5/c1-14-13-25(20(21)24-14)23-11-15-6-8-16(9-7-15)18-10-17-4-2-3-5-19(17)22-12-18/h2-13H,1H3,(H2,21,24). The van der Waals surface area contributed by atoms with Crippen molar-refractivity contribution in [2.24, 2.45) is 5.10 Å². The number of anilines is 1. The van der Waals surface area contributed by atoms with Gasteiger partial charge in [0.25, 0.3) is 0 Å². The molecule has 4 aromatic rings. The number of imidazole rings is 1. The average molecular weight is 327 g/mol. The van der Waals surface area contributed by atoms with E-state index < -0.39 is 0 Å². The summed E-state index contributed by atoms with van der Waals surface area (Å²) in [6.07, 6.45) is 5.46. The van der Waals surface area contributed by atoms with E-state index in [0.717, 1.165) is 33.3 Å². The topological polar surface area (TPSA) is 69.1 Å². The van der Waals surface area contributed by atoms with E-state index in [4.69, 9.17) is 5.73 Å². The molecule has 0 amide bonds. The molecule has 0 saturated heterocycles. The van der Waals surface area contributed by atoms with Crippen molar-refractivity contribution in [1.29, 1.82) is 0 Å². The summed E-state index contributed by atoms with van der Waals surface area (Å²) in [7, 11) is 0. The smallest absolute Gasteiger partial charge is 0.221 e. The van der Waals surface area contributed by atoms with E-state index in [9.17, 15) is 0 Å². The van der Waals surface area contributed by atoms with Crippen LogP contribution in [0.25, 0.3) is 22.0 Å². The maximum Gasteiger partial charge on any atom is 0.221 e. The fourth-order valence-electron chi connectivity index (χ4n) is 2.72. The summed E-state index contributed by atoms with van der Waals surface area (Å²) in [6, 6.07) is 18.4. The van der Waals surface area contributed by atoms with Crippen LogP contribution in [0.2, 0.25) is 0 Å². The number of pyridine rings is 1. The molecule has 0 atom stereocenters. The normalized spacial score (nSPS) is 11.4. The van der Waals surface area contributed by atoms with Crippen LogP contribution in [0, 0.1) is 6.92 Å². The number of para-hydroxylation sites is 1. The molecule has 5 heteroatoms. The highest BCUT2D eigenvalue weighted by molar-refractivity contribution is 5.85. The molecule has 2 heterocycles. The maximum atomic E-state index is 5.78. The molecular weight excluding hydrogens is 310 g/mol. The van der Waals surface area contributed by atoms with Crippen LogP contribution in [-0.2, 0) is 0 Å². The van der Waals surface area contributed by atoms with Gasteiger partial charge >= 0.3 is 0 Å². The number of benzene rings is 2. The van der Waals surface area contributed by atoms with E-state index in [-0.39, 0.29) is 0 Å². The Morgan fingerprint density at radius 1 is 1.04 bits per heavy atom. The Kier molecular flexibility index (Phi) is 3.74. The highest BCUT2D eigenvalue weighted by Gasteiger charge is 2.01. The summed E-state index contributed by atoms with van der Waals surface area (Å²) >= 11 is 0. The van der Waals surface area contributed by atoms with Gasteiger partial charge in [0.15, 0.2) is 0 Å². The summed E-state index contributed by atoms with van der Waals surface area (Å²) in [5.41, 5.74) is 10.8. The van der Waals surface area contributed by atoms with Gasteiger partial charge in [0.1, 0.15) is 0 Å². The van der Waals surface area contributed by atoms with Gasteiger partial charge in [-0.3, -0.25) is 4.98 Å². The van der Waals surface area contributed by atoms with Crippen LogP contribution < -0.4 is 5.73 Å². The molecule has 0 aliphatic carbocycles. The molecule has 4 rings (SSSR count). The van der Waals surface area contributed by atoms with Crippen molar-refractivity contribution < 1.29 is 0 Å². The number of fused-ring (bicyclic) bond motifs is 1. The Bertz CT molecular complexity index is 1060. The highest BCUT2D eigenvalue weighted by Crippen LogP contribution is 2.22. The first-order valence-corrected chi connectivity index (χ1v) is 8.00. The Morgan fingerprint density at radius 3 is 2.60 bits per heavy atom. The van der Waals surface area contributed by atoms with Gasteiger partial charge in [0.2, 0.25) is 5.95 Å². The summed E-state index contributed by atoms with van der Waals surface area (Å²) < 4.78 is 1.57. The Labute approximate surface area is 145 Å². The summed E-state index contributed by atoms with van der Waals surface area (Å²) in [6.45, 7) is 1.88. The lowest BCUT2D eigenvalue weighted by atomic mass is 10.0. The summed E-state index contributed by atoms with van der Waals surface area (Å²) in [4.78, 5) is 8.64. The second-order valence-electron chi connectivity index (χ2n) is 5.87. The number of nitrogen functional groups attached to an aromatic ring is 1. The molecule has 0 aliphatic heterocycles. The predicted molar refractivity (Wildman–Crippen MR) is 102 cm³/mol. The monoisotopic (exact) mass is 327 g/mol. The zero-order chi connectivity index (χ0) is 17.2. The van der Waals surface area contributed by atoms with E-state index >= 15 is 0 Å². The summed E-state index contributed by atoms with van der Waals surface area (Å²) in [5, 5.41) is 5.47. The van der Waals surface area contributed by atoms with Crippen molar-refractivity contribution in [2.75, 3.05) is 5.73 Å². The number of aryl methyl sites for hydroxylation is 1. The first kappa shape index (κ1) is 15.1. The van der Waals surface area contributed by atoms with Crippen molar-refractivity contribution in [3.63, 3.8) is 0 Å². The van der Waals surface area contributed by atoms with Crippen LogP contribution >= 0.6 is 0 Å². The van der Waals surface area contributed by atoms with E-state index in [0.29, 0.717) is 5.95 Å². The van der Waals surface area contributed by atoms with Crippen LogP contribution in [0.5, 0.6) is 0 Å². The fourth-order valence-corrected chi connectivity index (χ4v) is 2.72. The number of aromatic nitrogens is 3. The second kappa shape index (κ2) is 6.20. The molecule has 122 valence electrons. The third kappa shape index (κ3) is 3.12. The molecule has 2 N–H and O–H groups in total. The number of hydrogen-bond donors (Lipinski definition) is 1. The molecule has 2 aromatic carbocycles. The zero-order valence-electron chi connectivity index (χ0n) is 13.8. The molecule has 0 radical (unpaired) electrons. The van der Waals surface area contributed by atoms with Crippen molar-refractivity contribution >= 4 is 23.1 Å². The number of rotatable bonds is 3. The quantitative estimate of drug-likeness (QED) is 0.581. The third-order valence-electron chi connectivity index (χ3n) is 4.00. The zero-order valence-corrected chi connectivity index (χ0v) is 13.8. The van der Waals surface area contributed by atoms with Crippen LogP contribution in [-0.4, -0.2) is 20.9 Å². The van der Waals surface area contributed by atoms with E-state index in [1.165, 1.54) is 0 Å². The van der Waals surface area contributed by atoms with Gasteiger partial charge in [-0.25, -0.2) is 9.66 Å². The molecule has 2 aromatic heterocycles. The van der Waals surface area contributed by atoms with Gasteiger partial charge in [0, 0.05) is 17.1 Å². The van der Waals surface area contributed by atoms with Gasteiger partial charge in [-0.05, 0) is 30.2 Å². The SMILES string of the molecule is Cc1cn(N=Cc2ccc(-c3cnc4ccccc4c3)cc2)c(N)n1. The molecule has 5 nitrogen and oxygen atoms in total. The van der Waals surface area contributed by atoms with Gasteiger partial charge in [0.05, 0.1) is 23.6 Å². The number of nitrogens with two attached hydrogens (primary N) is 1. The predicted octanol–water partition coefficient (Wildman–Crippen LogP) is 3.87. The molecule has 0 fully saturated rings. The average Bonchev–Trinajstić information content (AvgIpc) is 2.97. The lowest BCUT2D eigenvalue weighted by Gasteiger charge is -2.04. The van der Waals surface area contributed by atoms with E-state index in [1.807, 2.05) is 43.5 Å². The molecule has 0 unspecified atom stereocenters.